The zero-order valence-corrected chi connectivity index (χ0v) is 5.98. The summed E-state index contributed by atoms with van der Waals surface area (Å²) in [6, 6.07) is 0. The second-order valence-electron chi connectivity index (χ2n) is 1.58. The molecule has 0 fully saturated rings. The molecule has 0 saturated carbocycles. The Balaban J connectivity index is 3.98. The van der Waals surface area contributed by atoms with Gasteiger partial charge in [-0.3, -0.25) is 0 Å². The highest BCUT2D eigenvalue weighted by Crippen LogP contribution is 1.98. The van der Waals surface area contributed by atoms with Crippen LogP contribution in [0.15, 0.2) is 11.6 Å². The molecule has 52 valence electrons. The molecule has 0 bridgehead atoms. The van der Waals surface area contributed by atoms with Gasteiger partial charge >= 0.3 is 5.97 Å². The lowest BCUT2D eigenvalue weighted by molar-refractivity contribution is -0.132. The molecule has 1 N–H and O–H groups in total. The van der Waals surface area contributed by atoms with Crippen molar-refractivity contribution in [2.24, 2.45) is 0 Å². The number of alkyl halides is 1. The molecule has 0 rings (SSSR count). The fraction of sp³-hybridized carbons (Fsp3) is 0.500. The van der Waals surface area contributed by atoms with E-state index in [-0.39, 0.29) is 11.5 Å². The predicted octanol–water partition coefficient (Wildman–Crippen LogP) is 1.65. The molecule has 0 aliphatic heterocycles. The van der Waals surface area contributed by atoms with Gasteiger partial charge in [0.15, 0.2) is 0 Å². The highest BCUT2D eigenvalue weighted by molar-refractivity contribution is 6.22. The highest BCUT2D eigenvalue weighted by atomic mass is 35.5. The SMILES string of the molecule is CCC=C(CCl)C(=O)O. The molecule has 2 nitrogen and oxygen atoms in total. The van der Waals surface area contributed by atoms with Gasteiger partial charge in [0.2, 0.25) is 0 Å². The van der Waals surface area contributed by atoms with E-state index in [2.05, 4.69) is 0 Å². The van der Waals surface area contributed by atoms with Crippen LogP contribution in [-0.2, 0) is 4.79 Å². The molecule has 0 aliphatic carbocycles. The monoisotopic (exact) mass is 148 g/mol. The van der Waals surface area contributed by atoms with Crippen LogP contribution < -0.4 is 0 Å². The fourth-order valence-electron chi connectivity index (χ4n) is 0.445. The zero-order chi connectivity index (χ0) is 7.28. The van der Waals surface area contributed by atoms with E-state index in [4.69, 9.17) is 16.7 Å². The first-order chi connectivity index (χ1) is 4.22. The van der Waals surface area contributed by atoms with E-state index in [0.717, 1.165) is 0 Å². The summed E-state index contributed by atoms with van der Waals surface area (Å²) < 4.78 is 0. The first kappa shape index (κ1) is 8.50. The maximum absolute atomic E-state index is 10.2. The largest absolute Gasteiger partial charge is 0.478 e. The van der Waals surface area contributed by atoms with Crippen molar-refractivity contribution in [3.05, 3.63) is 11.6 Å². The molecular weight excluding hydrogens is 140 g/mol. The van der Waals surface area contributed by atoms with Crippen molar-refractivity contribution in [1.29, 1.82) is 0 Å². The molecule has 0 heterocycles. The number of hydrogen-bond donors (Lipinski definition) is 1. The van der Waals surface area contributed by atoms with Crippen LogP contribution in [-0.4, -0.2) is 17.0 Å². The molecule has 3 heteroatoms. The van der Waals surface area contributed by atoms with Gasteiger partial charge in [0.25, 0.3) is 0 Å². The van der Waals surface area contributed by atoms with E-state index in [9.17, 15) is 4.79 Å². The standard InChI is InChI=1S/C6H9ClO2/c1-2-3-5(4-7)6(8)9/h3H,2,4H2,1H3,(H,8,9). The summed E-state index contributed by atoms with van der Waals surface area (Å²) in [6.07, 6.45) is 2.32. The summed E-state index contributed by atoms with van der Waals surface area (Å²) in [4.78, 5) is 10.2. The van der Waals surface area contributed by atoms with Gasteiger partial charge in [-0.15, -0.1) is 11.6 Å². The summed E-state index contributed by atoms with van der Waals surface area (Å²) in [7, 11) is 0. The number of aliphatic carboxylic acids is 1. The van der Waals surface area contributed by atoms with Gasteiger partial charge in [-0.25, -0.2) is 4.79 Å². The number of rotatable bonds is 3. The Kier molecular flexibility index (Phi) is 4.14. The Hall–Kier alpha value is -0.500. The first-order valence-electron chi connectivity index (χ1n) is 2.70. The molecule has 0 aliphatic rings. The number of carbonyl (C=O) groups is 1. The topological polar surface area (TPSA) is 37.3 Å². The van der Waals surface area contributed by atoms with Gasteiger partial charge in [0.1, 0.15) is 0 Å². The van der Waals surface area contributed by atoms with Crippen molar-refractivity contribution >= 4 is 17.6 Å². The predicted molar refractivity (Wildman–Crippen MR) is 36.7 cm³/mol. The van der Waals surface area contributed by atoms with Gasteiger partial charge < -0.3 is 5.11 Å². The Morgan fingerprint density at radius 2 is 2.33 bits per heavy atom. The second kappa shape index (κ2) is 4.39. The molecule has 0 aromatic rings. The molecule has 0 spiro atoms. The average Bonchev–Trinajstić information content (AvgIpc) is 1.82. The molecule has 9 heavy (non-hydrogen) atoms. The van der Waals surface area contributed by atoms with Gasteiger partial charge in [-0.2, -0.15) is 0 Å². The third-order valence-corrected chi connectivity index (χ3v) is 1.16. The van der Waals surface area contributed by atoms with Crippen LogP contribution in [0.5, 0.6) is 0 Å². The minimum absolute atomic E-state index is 0.0865. The lowest BCUT2D eigenvalue weighted by Gasteiger charge is -1.91. The molecule has 0 aromatic heterocycles. The minimum Gasteiger partial charge on any atom is -0.478 e. The Morgan fingerprint density at radius 1 is 1.78 bits per heavy atom. The number of halogens is 1. The van der Waals surface area contributed by atoms with Gasteiger partial charge in [0.05, 0.1) is 5.88 Å². The summed E-state index contributed by atoms with van der Waals surface area (Å²) in [5.74, 6) is -0.838. The number of carboxylic acid groups (broad SMARTS) is 1. The average molecular weight is 149 g/mol. The number of allylic oxidation sites excluding steroid dienone is 1. The lowest BCUT2D eigenvalue weighted by atomic mass is 10.2. The van der Waals surface area contributed by atoms with Crippen LogP contribution in [0.25, 0.3) is 0 Å². The van der Waals surface area contributed by atoms with Crippen LogP contribution in [0.4, 0.5) is 0 Å². The normalized spacial score (nSPS) is 11.6. The molecular formula is C6H9ClO2. The lowest BCUT2D eigenvalue weighted by Crippen LogP contribution is -2.00. The van der Waals surface area contributed by atoms with E-state index in [1.165, 1.54) is 0 Å². The Morgan fingerprint density at radius 3 is 2.44 bits per heavy atom. The third kappa shape index (κ3) is 3.14. The van der Waals surface area contributed by atoms with Crippen LogP contribution in [0, 0.1) is 0 Å². The van der Waals surface area contributed by atoms with E-state index in [1.807, 2.05) is 6.92 Å². The van der Waals surface area contributed by atoms with Crippen molar-refractivity contribution in [3.63, 3.8) is 0 Å². The quantitative estimate of drug-likeness (QED) is 0.488. The Labute approximate surface area is 59.1 Å². The molecule has 0 amide bonds. The molecule has 0 unspecified atom stereocenters. The maximum Gasteiger partial charge on any atom is 0.332 e. The van der Waals surface area contributed by atoms with Gasteiger partial charge in [-0.05, 0) is 6.42 Å². The number of carboxylic acids is 1. The molecule has 0 aromatic carbocycles. The fourth-order valence-corrected chi connectivity index (χ4v) is 0.669. The van der Waals surface area contributed by atoms with Crippen LogP contribution in [0.2, 0.25) is 0 Å². The molecule has 0 atom stereocenters. The minimum atomic E-state index is -0.924. The third-order valence-electron chi connectivity index (χ3n) is 0.869. The van der Waals surface area contributed by atoms with Crippen LogP contribution in [0.1, 0.15) is 13.3 Å². The van der Waals surface area contributed by atoms with Crippen molar-refractivity contribution in [1.82, 2.24) is 0 Å². The van der Waals surface area contributed by atoms with Crippen molar-refractivity contribution in [3.8, 4) is 0 Å². The van der Waals surface area contributed by atoms with Crippen LogP contribution >= 0.6 is 11.6 Å². The smallest absolute Gasteiger partial charge is 0.332 e. The van der Waals surface area contributed by atoms with Crippen LogP contribution in [0.3, 0.4) is 0 Å². The highest BCUT2D eigenvalue weighted by Gasteiger charge is 2.02. The summed E-state index contributed by atoms with van der Waals surface area (Å²) in [5, 5.41) is 8.35. The van der Waals surface area contributed by atoms with Crippen molar-refractivity contribution in [2.45, 2.75) is 13.3 Å². The van der Waals surface area contributed by atoms with Gasteiger partial charge in [0, 0.05) is 5.57 Å². The Bertz CT molecular complexity index is 129. The van der Waals surface area contributed by atoms with E-state index >= 15 is 0 Å². The first-order valence-corrected chi connectivity index (χ1v) is 3.24. The van der Waals surface area contributed by atoms with Gasteiger partial charge in [-0.1, -0.05) is 13.0 Å². The van der Waals surface area contributed by atoms with E-state index in [0.29, 0.717) is 6.42 Å². The van der Waals surface area contributed by atoms with Crippen molar-refractivity contribution < 1.29 is 9.90 Å². The summed E-state index contributed by atoms with van der Waals surface area (Å²) >= 11 is 5.29. The number of hydrogen-bond acceptors (Lipinski definition) is 1. The van der Waals surface area contributed by atoms with E-state index in [1.54, 1.807) is 6.08 Å². The molecule has 0 saturated heterocycles. The summed E-state index contributed by atoms with van der Waals surface area (Å²) in [5.41, 5.74) is 0.277. The molecule has 0 radical (unpaired) electrons. The van der Waals surface area contributed by atoms with E-state index < -0.39 is 5.97 Å². The second-order valence-corrected chi connectivity index (χ2v) is 1.84. The van der Waals surface area contributed by atoms with Crippen molar-refractivity contribution in [2.75, 3.05) is 5.88 Å². The summed E-state index contributed by atoms with van der Waals surface area (Å²) in [6.45, 7) is 1.87. The maximum atomic E-state index is 10.2. The zero-order valence-electron chi connectivity index (χ0n) is 5.22.